The number of ether oxygens (including phenoxy) is 1. The molecule has 86 valence electrons. The Hall–Kier alpha value is -1.69. The van der Waals surface area contributed by atoms with Gasteiger partial charge < -0.3 is 9.64 Å². The Morgan fingerprint density at radius 1 is 1.50 bits per heavy atom. The van der Waals surface area contributed by atoms with Gasteiger partial charge in [0, 0.05) is 26.4 Å². The molecule has 6 heteroatoms. The summed E-state index contributed by atoms with van der Waals surface area (Å²) >= 11 is 1.02. The molecule has 0 bridgehead atoms. The molecule has 0 amide bonds. The van der Waals surface area contributed by atoms with Crippen molar-refractivity contribution in [3.63, 3.8) is 0 Å². The first kappa shape index (κ1) is 12.4. The fourth-order valence-corrected chi connectivity index (χ4v) is 1.63. The average Bonchev–Trinajstić information content (AvgIpc) is 2.74. The second-order valence-electron chi connectivity index (χ2n) is 3.16. The normalized spacial score (nSPS) is 10.4. The minimum atomic E-state index is -0.479. The minimum Gasteiger partial charge on any atom is -0.465 e. The molecule has 0 atom stereocenters. The fraction of sp³-hybridized carbons (Fsp3) is 0.300. The highest BCUT2D eigenvalue weighted by Crippen LogP contribution is 2.14. The van der Waals surface area contributed by atoms with E-state index in [1.807, 2.05) is 14.1 Å². The van der Waals surface area contributed by atoms with Gasteiger partial charge in [-0.25, -0.2) is 9.78 Å². The molecule has 0 unspecified atom stereocenters. The monoisotopic (exact) mass is 240 g/mol. The van der Waals surface area contributed by atoms with Crippen molar-refractivity contribution < 1.29 is 14.3 Å². The van der Waals surface area contributed by atoms with E-state index >= 15 is 0 Å². The summed E-state index contributed by atoms with van der Waals surface area (Å²) in [6.45, 7) is 0. The van der Waals surface area contributed by atoms with Gasteiger partial charge in [0.2, 0.25) is 5.78 Å². The first-order valence-electron chi connectivity index (χ1n) is 4.47. The average molecular weight is 240 g/mol. The number of nitrogens with zero attached hydrogens (tertiary/aromatic N) is 2. The van der Waals surface area contributed by atoms with Crippen LogP contribution in [0.1, 0.15) is 19.5 Å². The van der Waals surface area contributed by atoms with Crippen molar-refractivity contribution >= 4 is 23.1 Å². The van der Waals surface area contributed by atoms with Crippen molar-refractivity contribution in [2.45, 2.75) is 0 Å². The molecule has 1 aromatic rings. The zero-order chi connectivity index (χ0) is 12.1. The number of thiazole rings is 1. The third kappa shape index (κ3) is 3.16. The lowest BCUT2D eigenvalue weighted by atomic mass is 10.4. The lowest BCUT2D eigenvalue weighted by Gasteiger charge is -2.01. The van der Waals surface area contributed by atoms with E-state index in [2.05, 4.69) is 9.72 Å². The van der Waals surface area contributed by atoms with Crippen molar-refractivity contribution in [3.05, 3.63) is 28.4 Å². The Balaban J connectivity index is 2.78. The molecular formula is C10H12N2O3S. The predicted molar refractivity (Wildman–Crippen MR) is 60.6 cm³/mol. The van der Waals surface area contributed by atoms with Crippen LogP contribution in [-0.4, -0.2) is 42.8 Å². The molecule has 1 rings (SSSR count). The first-order chi connectivity index (χ1) is 7.54. The number of aromatic nitrogens is 1. The van der Waals surface area contributed by atoms with Crippen LogP contribution in [0, 0.1) is 0 Å². The maximum Gasteiger partial charge on any atom is 0.349 e. The van der Waals surface area contributed by atoms with Crippen LogP contribution in [0.2, 0.25) is 0 Å². The lowest BCUT2D eigenvalue weighted by Crippen LogP contribution is -2.02. The van der Waals surface area contributed by atoms with Crippen LogP contribution in [0.25, 0.3) is 0 Å². The van der Waals surface area contributed by atoms with Gasteiger partial charge in [-0.15, -0.1) is 11.3 Å². The zero-order valence-corrected chi connectivity index (χ0v) is 10.1. The molecule has 1 heterocycles. The van der Waals surface area contributed by atoms with Gasteiger partial charge in [-0.05, 0) is 0 Å². The molecule has 1 aromatic heterocycles. The van der Waals surface area contributed by atoms with Gasteiger partial charge in [-0.3, -0.25) is 4.79 Å². The van der Waals surface area contributed by atoms with E-state index in [1.165, 1.54) is 19.4 Å². The highest BCUT2D eigenvalue weighted by atomic mass is 32.1. The zero-order valence-electron chi connectivity index (χ0n) is 9.26. The molecule has 5 nitrogen and oxygen atoms in total. The summed E-state index contributed by atoms with van der Waals surface area (Å²) in [5.74, 6) is -0.706. The van der Waals surface area contributed by atoms with Gasteiger partial charge >= 0.3 is 5.97 Å². The van der Waals surface area contributed by atoms with Crippen LogP contribution in [-0.2, 0) is 4.74 Å². The number of hydrogen-bond acceptors (Lipinski definition) is 6. The molecule has 0 aromatic carbocycles. The smallest absolute Gasteiger partial charge is 0.349 e. The predicted octanol–water partition coefficient (Wildman–Crippen LogP) is 1.19. The summed E-state index contributed by atoms with van der Waals surface area (Å²) < 4.78 is 4.52. The van der Waals surface area contributed by atoms with E-state index in [4.69, 9.17) is 0 Å². The van der Waals surface area contributed by atoms with Gasteiger partial charge in [0.15, 0.2) is 5.01 Å². The molecule has 0 fully saturated rings. The van der Waals surface area contributed by atoms with E-state index in [9.17, 15) is 9.59 Å². The third-order valence-electron chi connectivity index (χ3n) is 1.63. The quantitative estimate of drug-likeness (QED) is 0.449. The Morgan fingerprint density at radius 2 is 2.19 bits per heavy atom. The van der Waals surface area contributed by atoms with Crippen molar-refractivity contribution in [2.24, 2.45) is 0 Å². The maximum absolute atomic E-state index is 11.6. The molecule has 0 saturated heterocycles. The molecule has 16 heavy (non-hydrogen) atoms. The summed E-state index contributed by atoms with van der Waals surface area (Å²) in [7, 11) is 4.91. The number of hydrogen-bond donors (Lipinski definition) is 0. The molecule has 0 aliphatic carbocycles. The molecule has 0 spiro atoms. The van der Waals surface area contributed by atoms with Gasteiger partial charge in [0.05, 0.1) is 13.3 Å². The highest BCUT2D eigenvalue weighted by molar-refractivity contribution is 7.15. The van der Waals surface area contributed by atoms with Crippen LogP contribution in [0.5, 0.6) is 0 Å². The molecule has 0 radical (unpaired) electrons. The number of ketones is 1. The van der Waals surface area contributed by atoms with Gasteiger partial charge in [-0.2, -0.15) is 0 Å². The molecule has 0 N–H and O–H groups in total. The number of carbonyl (C=O) groups excluding carboxylic acids is 2. The second-order valence-corrected chi connectivity index (χ2v) is 4.20. The van der Waals surface area contributed by atoms with E-state index in [0.717, 1.165) is 11.3 Å². The molecule has 0 aliphatic heterocycles. The Morgan fingerprint density at radius 3 is 2.75 bits per heavy atom. The van der Waals surface area contributed by atoms with Crippen molar-refractivity contribution in [1.29, 1.82) is 0 Å². The topological polar surface area (TPSA) is 59.5 Å². The number of esters is 1. The SMILES string of the molecule is COC(=O)c1cnc(C(=O)C=CN(C)C)s1. The maximum atomic E-state index is 11.6. The summed E-state index contributed by atoms with van der Waals surface area (Å²) in [6.07, 6.45) is 4.37. The van der Waals surface area contributed by atoms with E-state index in [0.29, 0.717) is 4.88 Å². The highest BCUT2D eigenvalue weighted by Gasteiger charge is 2.13. The Kier molecular flexibility index (Phi) is 4.19. The number of methoxy groups -OCH3 is 1. The second kappa shape index (κ2) is 5.41. The van der Waals surface area contributed by atoms with Crippen LogP contribution in [0.3, 0.4) is 0 Å². The van der Waals surface area contributed by atoms with E-state index in [-0.39, 0.29) is 10.8 Å². The van der Waals surface area contributed by atoms with E-state index in [1.54, 1.807) is 11.1 Å². The van der Waals surface area contributed by atoms with Gasteiger partial charge in [0.1, 0.15) is 4.88 Å². The van der Waals surface area contributed by atoms with Crippen LogP contribution in [0.4, 0.5) is 0 Å². The lowest BCUT2D eigenvalue weighted by molar-refractivity contribution is 0.0606. The summed E-state index contributed by atoms with van der Waals surface area (Å²) in [6, 6.07) is 0. The molecule has 0 aliphatic rings. The Bertz CT molecular complexity index is 423. The van der Waals surface area contributed by atoms with Crippen LogP contribution in [0.15, 0.2) is 18.5 Å². The molecular weight excluding hydrogens is 228 g/mol. The fourth-order valence-electron chi connectivity index (χ4n) is 0.871. The Labute approximate surface area is 97.4 Å². The summed E-state index contributed by atoms with van der Waals surface area (Å²) in [5.41, 5.74) is 0. The molecule has 0 saturated carbocycles. The minimum absolute atomic E-state index is 0.228. The number of carbonyl (C=O) groups is 2. The summed E-state index contributed by atoms with van der Waals surface area (Å²) in [4.78, 5) is 28.6. The van der Waals surface area contributed by atoms with Gasteiger partial charge in [-0.1, -0.05) is 0 Å². The first-order valence-corrected chi connectivity index (χ1v) is 5.29. The van der Waals surface area contributed by atoms with Crippen molar-refractivity contribution in [1.82, 2.24) is 9.88 Å². The van der Waals surface area contributed by atoms with Crippen LogP contribution < -0.4 is 0 Å². The third-order valence-corrected chi connectivity index (χ3v) is 2.62. The van der Waals surface area contributed by atoms with Crippen molar-refractivity contribution in [2.75, 3.05) is 21.2 Å². The number of allylic oxidation sites excluding steroid dienone is 1. The van der Waals surface area contributed by atoms with Crippen LogP contribution >= 0.6 is 11.3 Å². The number of rotatable bonds is 4. The summed E-state index contributed by atoms with van der Waals surface area (Å²) in [5, 5.41) is 0.276. The van der Waals surface area contributed by atoms with Gasteiger partial charge in [0.25, 0.3) is 0 Å². The van der Waals surface area contributed by atoms with E-state index < -0.39 is 5.97 Å². The standard InChI is InChI=1S/C10H12N2O3S/c1-12(2)5-4-7(13)9-11-6-8(16-9)10(14)15-3/h4-6H,1-3H3. The largest absolute Gasteiger partial charge is 0.465 e. The van der Waals surface area contributed by atoms with Crippen molar-refractivity contribution in [3.8, 4) is 0 Å².